The van der Waals surface area contributed by atoms with Crippen molar-refractivity contribution in [1.29, 1.82) is 0 Å². The van der Waals surface area contributed by atoms with Crippen molar-refractivity contribution >= 4 is 11.9 Å². The molecule has 2 aromatic rings. The van der Waals surface area contributed by atoms with Gasteiger partial charge in [-0.05, 0) is 32.3 Å². The van der Waals surface area contributed by atoms with Crippen molar-refractivity contribution in [3.63, 3.8) is 0 Å². The van der Waals surface area contributed by atoms with Crippen molar-refractivity contribution in [2.24, 2.45) is 0 Å². The Hall–Kier alpha value is -3.13. The van der Waals surface area contributed by atoms with E-state index in [9.17, 15) is 9.59 Å². The van der Waals surface area contributed by atoms with Crippen molar-refractivity contribution in [3.05, 3.63) is 48.0 Å². The van der Waals surface area contributed by atoms with E-state index in [1.165, 1.54) is 12.8 Å². The maximum absolute atomic E-state index is 9.55. The number of nitrogens with zero attached hydrogens (tertiary/aromatic N) is 2. The van der Waals surface area contributed by atoms with E-state index in [-0.39, 0.29) is 6.23 Å². The highest BCUT2D eigenvalue weighted by atomic mass is 16.5. The van der Waals surface area contributed by atoms with Gasteiger partial charge in [-0.2, -0.15) is 0 Å². The summed E-state index contributed by atoms with van der Waals surface area (Å²) in [6.07, 6.45) is 3.73. The van der Waals surface area contributed by atoms with Crippen LogP contribution < -0.4 is 4.74 Å². The maximum Gasteiger partial charge on any atom is 0.328 e. The van der Waals surface area contributed by atoms with Gasteiger partial charge in [-0.15, -0.1) is 5.10 Å². The molecule has 1 fully saturated rings. The van der Waals surface area contributed by atoms with Gasteiger partial charge in [0.15, 0.2) is 6.23 Å². The largest absolute Gasteiger partial charge is 0.478 e. The van der Waals surface area contributed by atoms with E-state index >= 15 is 0 Å². The lowest BCUT2D eigenvalue weighted by molar-refractivity contribution is -0.134. The number of rotatable bonds is 6. The van der Waals surface area contributed by atoms with Gasteiger partial charge in [0.05, 0.1) is 5.69 Å². The van der Waals surface area contributed by atoms with Crippen LogP contribution in [0.5, 0.6) is 5.88 Å². The molecule has 1 aliphatic rings. The summed E-state index contributed by atoms with van der Waals surface area (Å²) in [4.78, 5) is 21.5. The molecular formula is C20H25N3O5. The number of H-pyrrole nitrogens is 1. The zero-order valence-electron chi connectivity index (χ0n) is 16.0. The second-order valence-electron chi connectivity index (χ2n) is 6.36. The minimum Gasteiger partial charge on any atom is -0.478 e. The van der Waals surface area contributed by atoms with Crippen LogP contribution in [0.1, 0.15) is 25.3 Å². The summed E-state index contributed by atoms with van der Waals surface area (Å²) in [6.45, 7) is 6.39. The van der Waals surface area contributed by atoms with Gasteiger partial charge in [-0.3, -0.25) is 10.00 Å². The van der Waals surface area contributed by atoms with E-state index < -0.39 is 11.9 Å². The highest BCUT2D eigenvalue weighted by Crippen LogP contribution is 2.28. The molecular weight excluding hydrogens is 362 g/mol. The molecule has 0 bridgehead atoms. The predicted octanol–water partition coefficient (Wildman–Crippen LogP) is 2.92. The van der Waals surface area contributed by atoms with Gasteiger partial charge in [0.25, 0.3) is 0 Å². The second kappa shape index (κ2) is 10.3. The topological polar surface area (TPSA) is 116 Å². The van der Waals surface area contributed by atoms with Gasteiger partial charge in [-0.25, -0.2) is 9.59 Å². The summed E-state index contributed by atoms with van der Waals surface area (Å²) < 4.78 is 6.01. The molecule has 1 unspecified atom stereocenters. The molecule has 2 heterocycles. The number of ether oxygens (including phenoxy) is 1. The molecule has 1 aromatic heterocycles. The molecule has 1 aromatic carbocycles. The molecule has 8 nitrogen and oxygen atoms in total. The van der Waals surface area contributed by atoms with Gasteiger partial charge in [0.1, 0.15) is 0 Å². The number of carbonyl (C=O) groups is 2. The highest BCUT2D eigenvalue weighted by molar-refractivity contribution is 5.89. The zero-order chi connectivity index (χ0) is 20.5. The van der Waals surface area contributed by atoms with Crippen molar-refractivity contribution < 1.29 is 24.5 Å². The second-order valence-corrected chi connectivity index (χ2v) is 6.36. The summed E-state index contributed by atoms with van der Waals surface area (Å²) in [5.41, 5.74) is 3.25. The SMILES string of the molecule is Cc1c(OC(C)N2CCCC2)n[nH]c1-c1ccccc1.O=C(O)/C=C\C(=O)O. The lowest BCUT2D eigenvalue weighted by Crippen LogP contribution is -2.34. The van der Waals surface area contributed by atoms with Crippen molar-refractivity contribution in [3.8, 4) is 17.1 Å². The predicted molar refractivity (Wildman–Crippen MR) is 104 cm³/mol. The summed E-state index contributed by atoms with van der Waals surface area (Å²) >= 11 is 0. The van der Waals surface area contributed by atoms with Crippen molar-refractivity contribution in [1.82, 2.24) is 15.1 Å². The normalized spacial score (nSPS) is 15.1. The average molecular weight is 387 g/mol. The molecule has 28 heavy (non-hydrogen) atoms. The molecule has 1 saturated heterocycles. The Labute approximate surface area is 163 Å². The van der Waals surface area contributed by atoms with Crippen LogP contribution >= 0.6 is 0 Å². The third-order valence-electron chi connectivity index (χ3n) is 4.33. The quantitative estimate of drug-likeness (QED) is 0.653. The van der Waals surface area contributed by atoms with Crippen LogP contribution in [0, 0.1) is 6.92 Å². The third kappa shape index (κ3) is 6.24. The summed E-state index contributed by atoms with van der Waals surface area (Å²) in [6, 6.07) is 10.2. The Kier molecular flexibility index (Phi) is 7.76. The molecule has 0 saturated carbocycles. The minimum absolute atomic E-state index is 0.0862. The van der Waals surface area contributed by atoms with Crippen LogP contribution in [0.2, 0.25) is 0 Å². The molecule has 8 heteroatoms. The monoisotopic (exact) mass is 387 g/mol. The van der Waals surface area contributed by atoms with Gasteiger partial charge in [0, 0.05) is 30.8 Å². The van der Waals surface area contributed by atoms with Crippen LogP contribution in [0.4, 0.5) is 0 Å². The Morgan fingerprint density at radius 3 is 2.25 bits per heavy atom. The fraction of sp³-hybridized carbons (Fsp3) is 0.350. The highest BCUT2D eigenvalue weighted by Gasteiger charge is 2.21. The molecule has 0 radical (unpaired) electrons. The third-order valence-corrected chi connectivity index (χ3v) is 4.33. The number of hydrogen-bond acceptors (Lipinski definition) is 5. The molecule has 3 N–H and O–H groups in total. The average Bonchev–Trinajstić information content (AvgIpc) is 3.32. The maximum atomic E-state index is 9.55. The van der Waals surface area contributed by atoms with E-state index in [0.29, 0.717) is 18.0 Å². The number of carboxylic acids is 2. The number of benzene rings is 1. The summed E-state index contributed by atoms with van der Waals surface area (Å²) in [5, 5.41) is 23.0. The lowest BCUT2D eigenvalue weighted by Gasteiger charge is -2.23. The van der Waals surface area contributed by atoms with Gasteiger partial charge in [-0.1, -0.05) is 30.3 Å². The zero-order valence-corrected chi connectivity index (χ0v) is 16.0. The first-order valence-corrected chi connectivity index (χ1v) is 9.03. The van der Waals surface area contributed by atoms with E-state index in [1.807, 2.05) is 18.2 Å². The molecule has 1 atom stereocenters. The fourth-order valence-electron chi connectivity index (χ4n) is 2.87. The first-order chi connectivity index (χ1) is 13.4. The lowest BCUT2D eigenvalue weighted by atomic mass is 10.1. The van der Waals surface area contributed by atoms with Crippen LogP contribution in [0.25, 0.3) is 11.3 Å². The number of hydrogen-bond donors (Lipinski definition) is 3. The molecule has 0 aliphatic carbocycles. The Morgan fingerprint density at radius 2 is 1.71 bits per heavy atom. The van der Waals surface area contributed by atoms with E-state index in [0.717, 1.165) is 29.9 Å². The fourth-order valence-corrected chi connectivity index (χ4v) is 2.87. The summed E-state index contributed by atoms with van der Waals surface area (Å²) in [5.74, 6) is -1.80. The number of carboxylic acid groups (broad SMARTS) is 2. The molecule has 150 valence electrons. The number of likely N-dealkylation sites (tertiary alicyclic amines) is 1. The van der Waals surface area contributed by atoms with E-state index in [4.69, 9.17) is 14.9 Å². The Morgan fingerprint density at radius 1 is 1.14 bits per heavy atom. The van der Waals surface area contributed by atoms with E-state index in [2.05, 4.69) is 41.1 Å². The Bertz CT molecular complexity index is 795. The Balaban J connectivity index is 0.000000300. The standard InChI is InChI=1S/C16H21N3O.C4H4O4/c1-12-15(14-8-4-3-5-9-14)17-18-16(12)20-13(2)19-10-6-7-11-19;5-3(6)1-2-4(7)8/h3-5,8-9,13H,6-7,10-11H2,1-2H3,(H,17,18);1-2H,(H,5,6)(H,7,8)/b;2-1-. The van der Waals surface area contributed by atoms with Crippen LogP contribution in [-0.4, -0.2) is 56.6 Å². The molecule has 0 spiro atoms. The number of nitrogens with one attached hydrogen (secondary N) is 1. The first kappa shape index (κ1) is 21.2. The smallest absolute Gasteiger partial charge is 0.328 e. The van der Waals surface area contributed by atoms with Crippen LogP contribution in [-0.2, 0) is 9.59 Å². The van der Waals surface area contributed by atoms with Crippen molar-refractivity contribution in [2.45, 2.75) is 32.9 Å². The number of aliphatic carboxylic acids is 2. The molecule has 0 amide bonds. The number of aromatic amines is 1. The van der Waals surface area contributed by atoms with Crippen LogP contribution in [0.3, 0.4) is 0 Å². The van der Waals surface area contributed by atoms with E-state index in [1.54, 1.807) is 0 Å². The minimum atomic E-state index is -1.26. The van der Waals surface area contributed by atoms with Gasteiger partial charge < -0.3 is 14.9 Å². The van der Waals surface area contributed by atoms with Crippen molar-refractivity contribution in [2.75, 3.05) is 13.1 Å². The van der Waals surface area contributed by atoms with Gasteiger partial charge >= 0.3 is 11.9 Å². The van der Waals surface area contributed by atoms with Crippen LogP contribution in [0.15, 0.2) is 42.5 Å². The molecule has 3 rings (SSSR count). The number of aromatic nitrogens is 2. The first-order valence-electron chi connectivity index (χ1n) is 9.03. The van der Waals surface area contributed by atoms with Gasteiger partial charge in [0.2, 0.25) is 5.88 Å². The summed E-state index contributed by atoms with van der Waals surface area (Å²) in [7, 11) is 0. The molecule has 1 aliphatic heterocycles.